The molecule has 0 aromatic rings. The first-order chi connectivity index (χ1) is 4.49. The molecule has 1 unspecified atom stereocenters. The fraction of sp³-hybridized carbons (Fsp3) is 1.00. The van der Waals surface area contributed by atoms with Gasteiger partial charge in [0.15, 0.2) is 0 Å². The molecule has 4 nitrogen and oxygen atoms in total. The van der Waals surface area contributed by atoms with Gasteiger partial charge in [0.1, 0.15) is 0 Å². The molecular weight excluding hydrogens is 154 g/mol. The molecule has 1 aliphatic carbocycles. The number of sulfonamides is 1. The maximum Gasteiger partial charge on any atom is 0.211 e. The van der Waals surface area contributed by atoms with E-state index in [4.69, 9.17) is 10.2 Å². The molecule has 1 rings (SSSR count). The van der Waals surface area contributed by atoms with Crippen LogP contribution in [0, 0.1) is 5.92 Å². The highest BCUT2D eigenvalue weighted by molar-refractivity contribution is 7.89. The quantitative estimate of drug-likeness (QED) is 0.565. The van der Waals surface area contributed by atoms with Crippen LogP contribution in [0.4, 0.5) is 0 Å². The van der Waals surface area contributed by atoms with Crippen LogP contribution in [0.1, 0.15) is 12.8 Å². The Kier molecular flexibility index (Phi) is 1.98. The van der Waals surface area contributed by atoms with E-state index in [0.29, 0.717) is 0 Å². The number of aliphatic hydroxyl groups is 1. The minimum Gasteiger partial charge on any atom is -0.392 e. The van der Waals surface area contributed by atoms with Crippen molar-refractivity contribution >= 4 is 10.0 Å². The molecule has 0 amide bonds. The lowest BCUT2D eigenvalue weighted by Crippen LogP contribution is -2.27. The molecule has 0 aromatic heterocycles. The van der Waals surface area contributed by atoms with Crippen molar-refractivity contribution in [1.29, 1.82) is 0 Å². The minimum absolute atomic E-state index is 0.179. The van der Waals surface area contributed by atoms with Gasteiger partial charge >= 0.3 is 0 Å². The van der Waals surface area contributed by atoms with Crippen LogP contribution >= 0.6 is 0 Å². The predicted octanol–water partition coefficient (Wildman–Crippen LogP) is -0.954. The van der Waals surface area contributed by atoms with E-state index in [-0.39, 0.29) is 11.7 Å². The highest BCUT2D eigenvalue weighted by atomic mass is 32.2. The molecule has 10 heavy (non-hydrogen) atoms. The largest absolute Gasteiger partial charge is 0.392 e. The first-order valence-corrected chi connectivity index (χ1v) is 4.89. The number of rotatable bonds is 3. The molecule has 1 saturated carbocycles. The lowest BCUT2D eigenvalue weighted by atomic mass is 10.3. The van der Waals surface area contributed by atoms with Gasteiger partial charge in [-0.15, -0.1) is 0 Å². The van der Waals surface area contributed by atoms with Crippen LogP contribution < -0.4 is 5.14 Å². The SMILES string of the molecule is NS(=O)(=O)CC(O)C1CC1. The molecule has 0 aliphatic heterocycles. The van der Waals surface area contributed by atoms with Gasteiger partial charge in [-0.25, -0.2) is 13.6 Å². The second kappa shape index (κ2) is 2.48. The van der Waals surface area contributed by atoms with Gasteiger partial charge in [-0.1, -0.05) is 0 Å². The Morgan fingerprint density at radius 2 is 2.10 bits per heavy atom. The Morgan fingerprint density at radius 1 is 1.60 bits per heavy atom. The summed E-state index contributed by atoms with van der Waals surface area (Å²) >= 11 is 0. The molecular formula is C5H11NO3S. The Bertz CT molecular complexity index is 207. The van der Waals surface area contributed by atoms with E-state index < -0.39 is 16.1 Å². The Balaban J connectivity index is 2.37. The number of hydrogen-bond donors (Lipinski definition) is 2. The molecule has 1 fully saturated rings. The minimum atomic E-state index is -3.48. The molecule has 5 heteroatoms. The topological polar surface area (TPSA) is 80.4 Å². The van der Waals surface area contributed by atoms with Gasteiger partial charge in [0, 0.05) is 0 Å². The normalized spacial score (nSPS) is 22.6. The van der Waals surface area contributed by atoms with Crippen molar-refractivity contribution in [2.75, 3.05) is 5.75 Å². The molecule has 0 bridgehead atoms. The second-order valence-electron chi connectivity index (χ2n) is 2.73. The summed E-state index contributed by atoms with van der Waals surface area (Å²) in [4.78, 5) is 0. The molecule has 60 valence electrons. The van der Waals surface area contributed by atoms with Crippen LogP contribution in [-0.4, -0.2) is 25.4 Å². The maximum atomic E-state index is 10.4. The average molecular weight is 165 g/mol. The van der Waals surface area contributed by atoms with Gasteiger partial charge in [0.05, 0.1) is 11.9 Å². The summed E-state index contributed by atoms with van der Waals surface area (Å²) in [5.74, 6) is -0.115. The van der Waals surface area contributed by atoms with Crippen molar-refractivity contribution in [2.24, 2.45) is 11.1 Å². The third-order valence-electron chi connectivity index (χ3n) is 1.57. The standard InChI is InChI=1S/C5H11NO3S/c6-10(8,9)3-5(7)4-1-2-4/h4-5,7H,1-3H2,(H2,6,8,9). The summed E-state index contributed by atoms with van der Waals surface area (Å²) in [6.07, 6.45) is 1.11. The zero-order valence-corrected chi connectivity index (χ0v) is 6.34. The Labute approximate surface area is 60.1 Å². The zero-order chi connectivity index (χ0) is 7.78. The number of primary sulfonamides is 1. The van der Waals surface area contributed by atoms with E-state index in [0.717, 1.165) is 12.8 Å². The van der Waals surface area contributed by atoms with Gasteiger partial charge in [0.25, 0.3) is 0 Å². The van der Waals surface area contributed by atoms with E-state index in [1.165, 1.54) is 0 Å². The third kappa shape index (κ3) is 2.64. The molecule has 1 atom stereocenters. The fourth-order valence-corrected chi connectivity index (χ4v) is 1.60. The van der Waals surface area contributed by atoms with Crippen molar-refractivity contribution < 1.29 is 13.5 Å². The third-order valence-corrected chi connectivity index (χ3v) is 2.38. The first-order valence-electron chi connectivity index (χ1n) is 3.17. The first kappa shape index (κ1) is 7.97. The number of nitrogens with two attached hydrogens (primary N) is 1. The number of hydrogen-bond acceptors (Lipinski definition) is 3. The lowest BCUT2D eigenvalue weighted by Gasteiger charge is -2.05. The Morgan fingerprint density at radius 3 is 2.40 bits per heavy atom. The maximum absolute atomic E-state index is 10.4. The van der Waals surface area contributed by atoms with Crippen LogP contribution in [0.15, 0.2) is 0 Å². The van der Waals surface area contributed by atoms with Crippen molar-refractivity contribution in [1.82, 2.24) is 0 Å². The van der Waals surface area contributed by atoms with E-state index in [2.05, 4.69) is 0 Å². The summed E-state index contributed by atoms with van der Waals surface area (Å²) in [5.41, 5.74) is 0. The van der Waals surface area contributed by atoms with Crippen molar-refractivity contribution in [2.45, 2.75) is 18.9 Å². The van der Waals surface area contributed by atoms with Crippen molar-refractivity contribution in [3.63, 3.8) is 0 Å². The molecule has 0 radical (unpaired) electrons. The van der Waals surface area contributed by atoms with E-state index >= 15 is 0 Å². The van der Waals surface area contributed by atoms with E-state index in [1.807, 2.05) is 0 Å². The fourth-order valence-electron chi connectivity index (χ4n) is 0.855. The van der Waals surface area contributed by atoms with Crippen LogP contribution in [0.3, 0.4) is 0 Å². The van der Waals surface area contributed by atoms with Crippen LogP contribution in [0.25, 0.3) is 0 Å². The smallest absolute Gasteiger partial charge is 0.211 e. The zero-order valence-electron chi connectivity index (χ0n) is 5.53. The van der Waals surface area contributed by atoms with Gasteiger partial charge in [-0.2, -0.15) is 0 Å². The molecule has 0 heterocycles. The van der Waals surface area contributed by atoms with Gasteiger partial charge in [-0.05, 0) is 18.8 Å². The summed E-state index contributed by atoms with van der Waals surface area (Å²) < 4.78 is 20.8. The van der Waals surface area contributed by atoms with E-state index in [1.54, 1.807) is 0 Å². The highest BCUT2D eigenvalue weighted by Gasteiger charge is 2.31. The summed E-state index contributed by atoms with van der Waals surface area (Å²) in [6.45, 7) is 0. The van der Waals surface area contributed by atoms with Crippen LogP contribution in [0.2, 0.25) is 0 Å². The van der Waals surface area contributed by atoms with E-state index in [9.17, 15) is 8.42 Å². The Hall–Kier alpha value is -0.130. The van der Waals surface area contributed by atoms with Crippen LogP contribution in [-0.2, 0) is 10.0 Å². The molecule has 0 aromatic carbocycles. The van der Waals surface area contributed by atoms with Gasteiger partial charge in [-0.3, -0.25) is 0 Å². The van der Waals surface area contributed by atoms with Crippen molar-refractivity contribution in [3.05, 3.63) is 0 Å². The summed E-state index contributed by atoms with van der Waals surface area (Å²) in [7, 11) is -3.48. The van der Waals surface area contributed by atoms with Crippen molar-refractivity contribution in [3.8, 4) is 0 Å². The number of aliphatic hydroxyl groups excluding tert-OH is 1. The monoisotopic (exact) mass is 165 g/mol. The average Bonchev–Trinajstić information content (AvgIpc) is 2.35. The second-order valence-corrected chi connectivity index (χ2v) is 4.39. The summed E-state index contributed by atoms with van der Waals surface area (Å²) in [6, 6.07) is 0. The lowest BCUT2D eigenvalue weighted by molar-refractivity contribution is 0.174. The van der Waals surface area contributed by atoms with Crippen LogP contribution in [0.5, 0.6) is 0 Å². The van der Waals surface area contributed by atoms with Gasteiger partial charge < -0.3 is 5.11 Å². The highest BCUT2D eigenvalue weighted by Crippen LogP contribution is 2.32. The predicted molar refractivity (Wildman–Crippen MR) is 36.7 cm³/mol. The molecule has 3 N–H and O–H groups in total. The summed E-state index contributed by atoms with van der Waals surface area (Å²) in [5, 5.41) is 13.8. The molecule has 0 saturated heterocycles. The molecule has 0 spiro atoms. The molecule has 1 aliphatic rings. The van der Waals surface area contributed by atoms with Gasteiger partial charge in [0.2, 0.25) is 10.0 Å².